The molecule has 0 atom stereocenters. The van der Waals surface area contributed by atoms with Gasteiger partial charge in [0.15, 0.2) is 0 Å². The summed E-state index contributed by atoms with van der Waals surface area (Å²) in [4.78, 5) is 38.1. The number of benzene rings is 1. The third kappa shape index (κ3) is 3.31. The Morgan fingerprint density at radius 3 is 2.41 bits per heavy atom. The van der Waals surface area contributed by atoms with E-state index in [1.165, 1.54) is 6.20 Å². The van der Waals surface area contributed by atoms with Crippen molar-refractivity contribution in [1.29, 1.82) is 0 Å². The number of anilines is 1. The fourth-order valence-corrected chi connectivity index (χ4v) is 4.19. The second-order valence-electron chi connectivity index (χ2n) is 7.51. The van der Waals surface area contributed by atoms with Crippen LogP contribution in [0.4, 0.5) is 5.69 Å². The molecule has 0 unspecified atom stereocenters. The van der Waals surface area contributed by atoms with Crippen LogP contribution in [0.3, 0.4) is 0 Å². The fraction of sp³-hybridized carbons (Fsp3) is 0.429. The number of aryl methyl sites for hydroxylation is 1. The summed E-state index contributed by atoms with van der Waals surface area (Å²) >= 11 is 0. The molecule has 2 aliphatic rings. The van der Waals surface area contributed by atoms with Gasteiger partial charge in [0.25, 0.3) is 5.91 Å². The SMILES string of the molecule is Cc1cnc(C(=O)N2CCC3(CCCN(c4ccccc4)C3=O)CC2)cn1. The van der Waals surface area contributed by atoms with Gasteiger partial charge in [-0.3, -0.25) is 14.6 Å². The summed E-state index contributed by atoms with van der Waals surface area (Å²) < 4.78 is 0. The van der Waals surface area contributed by atoms with Crippen molar-refractivity contribution in [2.75, 3.05) is 24.5 Å². The van der Waals surface area contributed by atoms with Crippen LogP contribution in [0.2, 0.25) is 0 Å². The number of aromatic nitrogens is 2. The molecule has 2 aliphatic heterocycles. The highest BCUT2D eigenvalue weighted by molar-refractivity contribution is 5.99. The first-order valence-electron chi connectivity index (χ1n) is 9.54. The number of para-hydroxylation sites is 1. The molecule has 6 nitrogen and oxygen atoms in total. The van der Waals surface area contributed by atoms with E-state index in [4.69, 9.17) is 0 Å². The maximum atomic E-state index is 13.3. The van der Waals surface area contributed by atoms with Crippen LogP contribution >= 0.6 is 0 Å². The maximum absolute atomic E-state index is 13.3. The van der Waals surface area contributed by atoms with Crippen molar-refractivity contribution in [3.8, 4) is 0 Å². The Labute approximate surface area is 159 Å². The molecule has 2 fully saturated rings. The number of amides is 2. The molecule has 1 aromatic heterocycles. The van der Waals surface area contributed by atoms with Gasteiger partial charge < -0.3 is 9.80 Å². The zero-order valence-electron chi connectivity index (χ0n) is 15.6. The molecule has 0 bridgehead atoms. The van der Waals surface area contributed by atoms with Crippen molar-refractivity contribution in [3.63, 3.8) is 0 Å². The number of hydrogen-bond donors (Lipinski definition) is 0. The van der Waals surface area contributed by atoms with Crippen LogP contribution in [-0.2, 0) is 4.79 Å². The standard InChI is InChI=1S/C21H24N4O2/c1-16-14-23-18(15-22-16)19(26)24-12-9-21(10-13-24)8-5-11-25(20(21)27)17-6-3-2-4-7-17/h2-4,6-7,14-15H,5,8-13H2,1H3. The van der Waals surface area contributed by atoms with E-state index in [-0.39, 0.29) is 17.2 Å². The van der Waals surface area contributed by atoms with Gasteiger partial charge in [-0.15, -0.1) is 0 Å². The van der Waals surface area contributed by atoms with Crippen LogP contribution in [-0.4, -0.2) is 46.3 Å². The van der Waals surface area contributed by atoms with Crippen molar-refractivity contribution in [3.05, 3.63) is 54.1 Å². The van der Waals surface area contributed by atoms with Gasteiger partial charge in [0.05, 0.1) is 17.3 Å². The number of piperidine rings is 2. The molecule has 6 heteroatoms. The summed E-state index contributed by atoms with van der Waals surface area (Å²) in [5.41, 5.74) is 1.79. The highest BCUT2D eigenvalue weighted by atomic mass is 16.2. The predicted octanol–water partition coefficient (Wildman–Crippen LogP) is 2.83. The summed E-state index contributed by atoms with van der Waals surface area (Å²) in [6.45, 7) is 3.79. The van der Waals surface area contributed by atoms with Crippen LogP contribution in [0.1, 0.15) is 41.9 Å². The van der Waals surface area contributed by atoms with Crippen molar-refractivity contribution in [1.82, 2.24) is 14.9 Å². The first kappa shape index (κ1) is 17.6. The molecule has 3 heterocycles. The highest BCUT2D eigenvalue weighted by Gasteiger charge is 2.46. The molecule has 4 rings (SSSR count). The smallest absolute Gasteiger partial charge is 0.274 e. The van der Waals surface area contributed by atoms with Crippen LogP contribution in [0, 0.1) is 12.3 Å². The predicted molar refractivity (Wildman–Crippen MR) is 102 cm³/mol. The van der Waals surface area contributed by atoms with Crippen LogP contribution < -0.4 is 4.90 Å². The summed E-state index contributed by atoms with van der Waals surface area (Å²) in [5, 5.41) is 0. The van der Waals surface area contributed by atoms with Gasteiger partial charge in [-0.05, 0) is 44.7 Å². The molecule has 1 spiro atoms. The van der Waals surface area contributed by atoms with Gasteiger partial charge in [0.1, 0.15) is 5.69 Å². The van der Waals surface area contributed by atoms with Gasteiger partial charge in [-0.2, -0.15) is 0 Å². The molecule has 0 saturated carbocycles. The Kier molecular flexibility index (Phi) is 4.64. The molecule has 0 N–H and O–H groups in total. The molecule has 27 heavy (non-hydrogen) atoms. The fourth-order valence-electron chi connectivity index (χ4n) is 4.19. The second-order valence-corrected chi connectivity index (χ2v) is 7.51. The summed E-state index contributed by atoms with van der Waals surface area (Å²) in [7, 11) is 0. The van der Waals surface area contributed by atoms with Crippen LogP contribution in [0.25, 0.3) is 0 Å². The molecule has 140 valence electrons. The molecule has 2 saturated heterocycles. The number of rotatable bonds is 2. The summed E-state index contributed by atoms with van der Waals surface area (Å²) in [6, 6.07) is 9.88. The lowest BCUT2D eigenvalue weighted by atomic mass is 9.71. The Hall–Kier alpha value is -2.76. The van der Waals surface area contributed by atoms with Crippen molar-refractivity contribution in [2.24, 2.45) is 5.41 Å². The van der Waals surface area contributed by atoms with E-state index in [2.05, 4.69) is 9.97 Å². The molecule has 2 aromatic rings. The Balaban J connectivity index is 1.46. The molecular weight excluding hydrogens is 340 g/mol. The minimum atomic E-state index is -0.343. The zero-order chi connectivity index (χ0) is 18.9. The van der Waals surface area contributed by atoms with Gasteiger partial charge in [0, 0.05) is 31.5 Å². The Morgan fingerprint density at radius 2 is 1.74 bits per heavy atom. The molecule has 2 amide bonds. The van der Waals surface area contributed by atoms with Gasteiger partial charge in [-0.25, -0.2) is 4.98 Å². The number of likely N-dealkylation sites (tertiary alicyclic amines) is 1. The van der Waals surface area contributed by atoms with Crippen molar-refractivity contribution >= 4 is 17.5 Å². The zero-order valence-corrected chi connectivity index (χ0v) is 15.6. The molecular formula is C21H24N4O2. The number of nitrogens with zero attached hydrogens (tertiary/aromatic N) is 4. The largest absolute Gasteiger partial charge is 0.337 e. The van der Waals surface area contributed by atoms with E-state index in [0.717, 1.165) is 30.8 Å². The monoisotopic (exact) mass is 364 g/mol. The molecule has 0 aliphatic carbocycles. The number of carbonyl (C=O) groups is 2. The van der Waals surface area contributed by atoms with E-state index in [1.54, 1.807) is 11.1 Å². The van der Waals surface area contributed by atoms with E-state index < -0.39 is 0 Å². The third-order valence-corrected chi connectivity index (χ3v) is 5.81. The van der Waals surface area contributed by atoms with E-state index in [9.17, 15) is 9.59 Å². The Bertz CT molecular complexity index is 827. The van der Waals surface area contributed by atoms with Crippen LogP contribution in [0.5, 0.6) is 0 Å². The lowest BCUT2D eigenvalue weighted by Crippen LogP contribution is -2.54. The summed E-state index contributed by atoms with van der Waals surface area (Å²) in [5.74, 6) is 0.114. The quantitative estimate of drug-likeness (QED) is 0.822. The maximum Gasteiger partial charge on any atom is 0.274 e. The first-order chi connectivity index (χ1) is 13.1. The minimum Gasteiger partial charge on any atom is -0.337 e. The van der Waals surface area contributed by atoms with Gasteiger partial charge in [0.2, 0.25) is 5.91 Å². The third-order valence-electron chi connectivity index (χ3n) is 5.81. The van der Waals surface area contributed by atoms with Crippen LogP contribution in [0.15, 0.2) is 42.7 Å². The van der Waals surface area contributed by atoms with Crippen molar-refractivity contribution in [2.45, 2.75) is 32.6 Å². The highest BCUT2D eigenvalue weighted by Crippen LogP contribution is 2.42. The van der Waals surface area contributed by atoms with Gasteiger partial charge in [-0.1, -0.05) is 18.2 Å². The number of hydrogen-bond acceptors (Lipinski definition) is 4. The van der Waals surface area contributed by atoms with E-state index in [1.807, 2.05) is 42.2 Å². The molecule has 1 aromatic carbocycles. The first-order valence-corrected chi connectivity index (χ1v) is 9.54. The Morgan fingerprint density at radius 1 is 1.00 bits per heavy atom. The van der Waals surface area contributed by atoms with E-state index >= 15 is 0 Å². The lowest BCUT2D eigenvalue weighted by Gasteiger charge is -2.46. The number of carbonyl (C=O) groups excluding carboxylic acids is 2. The lowest BCUT2D eigenvalue weighted by molar-refractivity contribution is -0.133. The normalized spacial score (nSPS) is 19.4. The topological polar surface area (TPSA) is 66.4 Å². The minimum absolute atomic E-state index is 0.0967. The molecule has 0 radical (unpaired) electrons. The average Bonchev–Trinajstić information content (AvgIpc) is 2.71. The average molecular weight is 364 g/mol. The summed E-state index contributed by atoms with van der Waals surface area (Å²) in [6.07, 6.45) is 6.46. The van der Waals surface area contributed by atoms with Gasteiger partial charge >= 0.3 is 0 Å². The van der Waals surface area contributed by atoms with Crippen molar-refractivity contribution < 1.29 is 9.59 Å². The van der Waals surface area contributed by atoms with E-state index in [0.29, 0.717) is 31.6 Å². The second kappa shape index (κ2) is 7.10.